The second kappa shape index (κ2) is 5.02. The Hall–Kier alpha value is -1.86. The molecule has 0 heterocycles. The minimum atomic E-state index is -0.363. The molecule has 1 aliphatic rings. The molecule has 0 saturated heterocycles. The van der Waals surface area contributed by atoms with Gasteiger partial charge in [-0.15, -0.1) is 0 Å². The van der Waals surface area contributed by atoms with Gasteiger partial charge in [-0.05, 0) is 34.6 Å². The number of aliphatic hydroxyl groups excluding tert-OH is 1. The Kier molecular flexibility index (Phi) is 3.22. The topological polar surface area (TPSA) is 20.2 Å². The summed E-state index contributed by atoms with van der Waals surface area (Å²) in [6.45, 7) is 2.11. The lowest BCUT2D eigenvalue weighted by atomic mass is 9.96. The van der Waals surface area contributed by atoms with Gasteiger partial charge in [0.25, 0.3) is 0 Å². The maximum atomic E-state index is 10.5. The molecular weight excluding hydrogens is 232 g/mol. The van der Waals surface area contributed by atoms with Crippen molar-refractivity contribution in [2.45, 2.75) is 19.4 Å². The molecule has 2 atom stereocenters. The lowest BCUT2D eigenvalue weighted by Crippen LogP contribution is -2.13. The Balaban J connectivity index is 2.14. The third-order valence-electron chi connectivity index (χ3n) is 3.89. The second-order valence-electron chi connectivity index (χ2n) is 5.25. The molecule has 1 aliphatic carbocycles. The van der Waals surface area contributed by atoms with E-state index in [0.29, 0.717) is 0 Å². The predicted octanol–water partition coefficient (Wildman–Crippen LogP) is 4.00. The molecule has 0 radical (unpaired) electrons. The second-order valence-corrected chi connectivity index (χ2v) is 5.25. The molecule has 0 spiro atoms. The van der Waals surface area contributed by atoms with Crippen molar-refractivity contribution in [1.82, 2.24) is 0 Å². The largest absolute Gasteiger partial charge is 0.388 e. The van der Waals surface area contributed by atoms with Crippen LogP contribution in [0.1, 0.15) is 24.5 Å². The van der Waals surface area contributed by atoms with Crippen LogP contribution in [0.2, 0.25) is 0 Å². The molecule has 19 heavy (non-hydrogen) atoms. The molecule has 96 valence electrons. The number of benzene rings is 2. The zero-order chi connectivity index (χ0) is 13.2. The van der Waals surface area contributed by atoms with Crippen molar-refractivity contribution in [3.63, 3.8) is 0 Å². The van der Waals surface area contributed by atoms with Crippen molar-refractivity contribution in [1.29, 1.82) is 0 Å². The van der Waals surface area contributed by atoms with Crippen molar-refractivity contribution in [3.8, 4) is 0 Å². The fraction of sp³-hybridized carbons (Fsp3) is 0.222. The van der Waals surface area contributed by atoms with E-state index >= 15 is 0 Å². The van der Waals surface area contributed by atoms with E-state index in [1.807, 2.05) is 24.3 Å². The zero-order valence-corrected chi connectivity index (χ0v) is 11.1. The highest BCUT2D eigenvalue weighted by atomic mass is 16.3. The number of rotatable bonds is 2. The Morgan fingerprint density at radius 3 is 1.95 bits per heavy atom. The number of hydrogen-bond acceptors (Lipinski definition) is 1. The molecule has 1 nitrogen and oxygen atoms in total. The molecule has 0 unspecified atom stereocenters. The van der Waals surface area contributed by atoms with Gasteiger partial charge in [-0.1, -0.05) is 67.6 Å². The minimum Gasteiger partial charge on any atom is -0.388 e. The molecule has 0 aliphatic heterocycles. The van der Waals surface area contributed by atoms with Crippen molar-refractivity contribution < 1.29 is 5.11 Å². The van der Waals surface area contributed by atoms with Gasteiger partial charge in [0, 0.05) is 0 Å². The first-order valence-corrected chi connectivity index (χ1v) is 6.79. The highest BCUT2D eigenvalue weighted by molar-refractivity contribution is 5.95. The lowest BCUT2D eigenvalue weighted by molar-refractivity contribution is 0.183. The summed E-state index contributed by atoms with van der Waals surface area (Å²) in [5.74, 6) is 0.283. The maximum absolute atomic E-state index is 10.5. The molecule has 0 bridgehead atoms. The van der Waals surface area contributed by atoms with Gasteiger partial charge in [-0.3, -0.25) is 0 Å². The van der Waals surface area contributed by atoms with Crippen LogP contribution in [0.5, 0.6) is 0 Å². The van der Waals surface area contributed by atoms with Gasteiger partial charge in [0.15, 0.2) is 0 Å². The highest BCUT2D eigenvalue weighted by Crippen LogP contribution is 2.42. The first kappa shape index (κ1) is 12.2. The summed E-state index contributed by atoms with van der Waals surface area (Å²) >= 11 is 0. The quantitative estimate of drug-likeness (QED) is 0.854. The average Bonchev–Trinajstić information content (AvgIpc) is 2.77. The van der Waals surface area contributed by atoms with Gasteiger partial charge in [0.05, 0.1) is 6.10 Å². The number of aliphatic hydroxyl groups is 1. The van der Waals surface area contributed by atoms with Crippen molar-refractivity contribution in [2.24, 2.45) is 5.92 Å². The van der Waals surface area contributed by atoms with Crippen molar-refractivity contribution in [2.75, 3.05) is 0 Å². The van der Waals surface area contributed by atoms with Crippen LogP contribution in [-0.4, -0.2) is 11.2 Å². The molecule has 0 aromatic heterocycles. The van der Waals surface area contributed by atoms with E-state index in [0.717, 1.165) is 17.6 Å². The predicted molar refractivity (Wildman–Crippen MR) is 79.5 cm³/mol. The van der Waals surface area contributed by atoms with Crippen LogP contribution < -0.4 is 0 Å². The summed E-state index contributed by atoms with van der Waals surface area (Å²) < 4.78 is 0. The maximum Gasteiger partial charge on any atom is 0.0827 e. The van der Waals surface area contributed by atoms with Gasteiger partial charge >= 0.3 is 0 Å². The number of allylic oxidation sites excluding steroid dienone is 1. The van der Waals surface area contributed by atoms with E-state index in [-0.39, 0.29) is 12.0 Å². The Bertz CT molecular complexity index is 584. The van der Waals surface area contributed by atoms with Gasteiger partial charge < -0.3 is 5.11 Å². The fourth-order valence-corrected chi connectivity index (χ4v) is 2.88. The van der Waals surface area contributed by atoms with Gasteiger partial charge in [0.1, 0.15) is 0 Å². The van der Waals surface area contributed by atoms with Crippen LogP contribution in [0.25, 0.3) is 11.1 Å². The fourth-order valence-electron chi connectivity index (χ4n) is 2.88. The Labute approximate surface area is 114 Å². The van der Waals surface area contributed by atoms with E-state index in [4.69, 9.17) is 0 Å². The van der Waals surface area contributed by atoms with Crippen molar-refractivity contribution >= 4 is 11.1 Å². The molecule has 0 amide bonds. The van der Waals surface area contributed by atoms with Crippen LogP contribution in [0.3, 0.4) is 0 Å². The molecule has 0 fully saturated rings. The first-order chi connectivity index (χ1) is 9.27. The van der Waals surface area contributed by atoms with Crippen molar-refractivity contribution in [3.05, 3.63) is 71.8 Å². The summed E-state index contributed by atoms with van der Waals surface area (Å²) in [5.41, 5.74) is 4.74. The van der Waals surface area contributed by atoms with Crippen LogP contribution >= 0.6 is 0 Å². The van der Waals surface area contributed by atoms with E-state index in [1.54, 1.807) is 0 Å². The van der Waals surface area contributed by atoms with Crippen LogP contribution in [0.15, 0.2) is 60.7 Å². The summed E-state index contributed by atoms with van der Waals surface area (Å²) in [5, 5.41) is 10.5. The van der Waals surface area contributed by atoms with Gasteiger partial charge in [-0.25, -0.2) is 0 Å². The lowest BCUT2D eigenvalue weighted by Gasteiger charge is -2.13. The van der Waals surface area contributed by atoms with E-state index in [1.165, 1.54) is 11.1 Å². The molecule has 1 N–H and O–H groups in total. The first-order valence-electron chi connectivity index (χ1n) is 6.79. The summed E-state index contributed by atoms with van der Waals surface area (Å²) in [6.07, 6.45) is 0.577. The standard InChI is InChI=1S/C18H18O/c1-13-12-16(14-8-4-2-5-9-14)17(18(13)19)15-10-6-3-7-11-15/h2-11,13,18-19H,12H2,1H3/t13-,18+/m0/s1. The monoisotopic (exact) mass is 250 g/mol. The van der Waals surface area contributed by atoms with Gasteiger partial charge in [-0.2, -0.15) is 0 Å². The molecule has 2 aromatic carbocycles. The van der Waals surface area contributed by atoms with Crippen LogP contribution in [0.4, 0.5) is 0 Å². The van der Waals surface area contributed by atoms with E-state index in [9.17, 15) is 5.11 Å². The summed E-state index contributed by atoms with van der Waals surface area (Å²) in [7, 11) is 0. The smallest absolute Gasteiger partial charge is 0.0827 e. The van der Waals surface area contributed by atoms with Crippen LogP contribution in [0, 0.1) is 5.92 Å². The molecule has 0 saturated carbocycles. The molecule has 2 aromatic rings. The Morgan fingerprint density at radius 2 is 1.37 bits per heavy atom. The highest BCUT2D eigenvalue weighted by Gasteiger charge is 2.31. The molecule has 1 heteroatoms. The average molecular weight is 250 g/mol. The van der Waals surface area contributed by atoms with E-state index in [2.05, 4.69) is 43.3 Å². The third-order valence-corrected chi connectivity index (χ3v) is 3.89. The SMILES string of the molecule is C[C@H]1CC(c2ccccc2)=C(c2ccccc2)[C@@H]1O. The zero-order valence-electron chi connectivity index (χ0n) is 11.1. The summed E-state index contributed by atoms with van der Waals surface area (Å²) in [4.78, 5) is 0. The molecule has 3 rings (SSSR count). The minimum absolute atomic E-state index is 0.283. The summed E-state index contributed by atoms with van der Waals surface area (Å²) in [6, 6.07) is 20.6. The normalized spacial score (nSPS) is 22.8. The Morgan fingerprint density at radius 1 is 0.842 bits per heavy atom. The van der Waals surface area contributed by atoms with Gasteiger partial charge in [0.2, 0.25) is 0 Å². The number of hydrogen-bond donors (Lipinski definition) is 1. The molecular formula is C18H18O. The third kappa shape index (κ3) is 2.22. The van der Waals surface area contributed by atoms with Crippen LogP contribution in [-0.2, 0) is 0 Å². The van der Waals surface area contributed by atoms with E-state index < -0.39 is 0 Å².